The van der Waals surface area contributed by atoms with Crippen LogP contribution in [-0.4, -0.2) is 29.5 Å². The van der Waals surface area contributed by atoms with Crippen molar-refractivity contribution in [3.8, 4) is 0 Å². The minimum Gasteiger partial charge on any atom is -0.370 e. The summed E-state index contributed by atoms with van der Waals surface area (Å²) in [7, 11) is 0. The lowest BCUT2D eigenvalue weighted by Gasteiger charge is -2.34. The molecular weight excluding hydrogens is 270 g/mol. The van der Waals surface area contributed by atoms with E-state index in [0.717, 1.165) is 61.0 Å². The van der Waals surface area contributed by atoms with Crippen LogP contribution < -0.4 is 5.32 Å². The summed E-state index contributed by atoms with van der Waals surface area (Å²) in [4.78, 5) is 7.15. The molecule has 1 aromatic heterocycles. The van der Waals surface area contributed by atoms with E-state index in [0.29, 0.717) is 0 Å². The summed E-state index contributed by atoms with van der Waals surface area (Å²) < 4.78 is 0. The number of piperidine rings is 1. The van der Waals surface area contributed by atoms with Crippen LogP contribution in [0.3, 0.4) is 0 Å². The van der Waals surface area contributed by atoms with E-state index < -0.39 is 0 Å². The SMILES string of the molecule is CCCNc1ccc(Cl)c(CN2CC(C)CC(C)C2)n1. The number of hydrogen-bond donors (Lipinski definition) is 1. The molecule has 20 heavy (non-hydrogen) atoms. The second kappa shape index (κ2) is 7.28. The molecule has 112 valence electrons. The molecule has 0 bridgehead atoms. The topological polar surface area (TPSA) is 28.2 Å². The number of halogens is 1. The van der Waals surface area contributed by atoms with Gasteiger partial charge in [-0.15, -0.1) is 0 Å². The molecule has 1 aliphatic rings. The minimum absolute atomic E-state index is 0.763. The number of likely N-dealkylation sites (tertiary alicyclic amines) is 1. The highest BCUT2D eigenvalue weighted by Crippen LogP contribution is 2.24. The molecule has 1 fully saturated rings. The van der Waals surface area contributed by atoms with Crippen molar-refractivity contribution in [1.82, 2.24) is 9.88 Å². The number of rotatable bonds is 5. The summed E-state index contributed by atoms with van der Waals surface area (Å²) in [5, 5.41) is 4.10. The predicted octanol–water partition coefficient (Wildman–Crippen LogP) is 4.03. The van der Waals surface area contributed by atoms with Crippen LogP contribution in [0.4, 0.5) is 5.82 Å². The van der Waals surface area contributed by atoms with E-state index in [-0.39, 0.29) is 0 Å². The zero-order chi connectivity index (χ0) is 14.5. The number of pyridine rings is 1. The Labute approximate surface area is 127 Å². The van der Waals surface area contributed by atoms with Crippen molar-refractivity contribution < 1.29 is 0 Å². The standard InChI is InChI=1S/C16H26ClN3/c1-4-7-18-16-6-5-14(17)15(19-16)11-20-9-12(2)8-13(3)10-20/h5-6,12-13H,4,7-11H2,1-3H3,(H,18,19). The number of nitrogens with one attached hydrogen (secondary N) is 1. The van der Waals surface area contributed by atoms with Gasteiger partial charge in [-0.25, -0.2) is 4.98 Å². The molecule has 1 aliphatic heterocycles. The number of anilines is 1. The first kappa shape index (κ1) is 15.6. The van der Waals surface area contributed by atoms with Gasteiger partial charge in [0.25, 0.3) is 0 Å². The van der Waals surface area contributed by atoms with Gasteiger partial charge in [-0.1, -0.05) is 32.4 Å². The molecular formula is C16H26ClN3. The van der Waals surface area contributed by atoms with Crippen LogP contribution in [0.15, 0.2) is 12.1 Å². The van der Waals surface area contributed by atoms with Gasteiger partial charge in [0, 0.05) is 26.2 Å². The third-order valence-corrected chi connectivity index (χ3v) is 4.14. The summed E-state index contributed by atoms with van der Waals surface area (Å²) in [6.07, 6.45) is 2.43. The van der Waals surface area contributed by atoms with Crippen molar-refractivity contribution in [2.24, 2.45) is 11.8 Å². The Morgan fingerprint density at radius 2 is 2.00 bits per heavy atom. The van der Waals surface area contributed by atoms with Crippen LogP contribution in [0, 0.1) is 11.8 Å². The van der Waals surface area contributed by atoms with Crippen LogP contribution in [0.5, 0.6) is 0 Å². The van der Waals surface area contributed by atoms with Gasteiger partial charge in [0.2, 0.25) is 0 Å². The molecule has 0 saturated carbocycles. The van der Waals surface area contributed by atoms with Gasteiger partial charge in [0.15, 0.2) is 0 Å². The Kier molecular flexibility index (Phi) is 5.67. The summed E-state index contributed by atoms with van der Waals surface area (Å²) in [5.41, 5.74) is 0.995. The van der Waals surface area contributed by atoms with Crippen LogP contribution >= 0.6 is 11.6 Å². The van der Waals surface area contributed by atoms with Crippen LogP contribution in [0.2, 0.25) is 5.02 Å². The normalized spacial score (nSPS) is 23.8. The Morgan fingerprint density at radius 3 is 2.65 bits per heavy atom. The van der Waals surface area contributed by atoms with E-state index in [2.05, 4.69) is 36.0 Å². The smallest absolute Gasteiger partial charge is 0.126 e. The molecule has 2 unspecified atom stereocenters. The van der Waals surface area contributed by atoms with E-state index in [9.17, 15) is 0 Å². The van der Waals surface area contributed by atoms with Gasteiger partial charge < -0.3 is 5.32 Å². The number of nitrogens with zero attached hydrogens (tertiary/aromatic N) is 2. The zero-order valence-electron chi connectivity index (χ0n) is 12.8. The predicted molar refractivity (Wildman–Crippen MR) is 86.2 cm³/mol. The summed E-state index contributed by atoms with van der Waals surface area (Å²) in [6, 6.07) is 3.92. The van der Waals surface area contributed by atoms with Gasteiger partial charge in [-0.2, -0.15) is 0 Å². The maximum Gasteiger partial charge on any atom is 0.126 e. The molecule has 0 amide bonds. The highest BCUT2D eigenvalue weighted by molar-refractivity contribution is 6.31. The Hall–Kier alpha value is -0.800. The lowest BCUT2D eigenvalue weighted by molar-refractivity contribution is 0.133. The first-order chi connectivity index (χ1) is 9.58. The van der Waals surface area contributed by atoms with Crippen molar-refractivity contribution >= 4 is 17.4 Å². The first-order valence-corrected chi connectivity index (χ1v) is 8.08. The van der Waals surface area contributed by atoms with Crippen molar-refractivity contribution in [1.29, 1.82) is 0 Å². The van der Waals surface area contributed by atoms with Crippen molar-refractivity contribution in [3.63, 3.8) is 0 Å². The second-order valence-corrected chi connectivity index (χ2v) is 6.60. The first-order valence-electron chi connectivity index (χ1n) is 7.70. The zero-order valence-corrected chi connectivity index (χ0v) is 13.6. The Bertz CT molecular complexity index is 426. The number of hydrogen-bond acceptors (Lipinski definition) is 3. The Morgan fingerprint density at radius 1 is 1.30 bits per heavy atom. The summed E-state index contributed by atoms with van der Waals surface area (Å²) in [5.74, 6) is 2.46. The molecule has 2 heterocycles. The average Bonchev–Trinajstić information content (AvgIpc) is 2.38. The maximum atomic E-state index is 6.31. The van der Waals surface area contributed by atoms with E-state index in [1.54, 1.807) is 0 Å². The van der Waals surface area contributed by atoms with Gasteiger partial charge >= 0.3 is 0 Å². The van der Waals surface area contributed by atoms with E-state index in [4.69, 9.17) is 11.6 Å². The van der Waals surface area contributed by atoms with E-state index in [1.807, 2.05) is 12.1 Å². The van der Waals surface area contributed by atoms with Crippen molar-refractivity contribution in [2.75, 3.05) is 25.0 Å². The lowest BCUT2D eigenvalue weighted by Crippen LogP contribution is -2.38. The van der Waals surface area contributed by atoms with Gasteiger partial charge in [0.1, 0.15) is 5.82 Å². The molecule has 0 spiro atoms. The summed E-state index contributed by atoms with van der Waals surface area (Å²) >= 11 is 6.31. The van der Waals surface area contributed by atoms with Crippen molar-refractivity contribution in [2.45, 2.75) is 40.2 Å². The largest absolute Gasteiger partial charge is 0.370 e. The lowest BCUT2D eigenvalue weighted by atomic mass is 9.92. The molecule has 1 saturated heterocycles. The molecule has 1 N–H and O–H groups in total. The monoisotopic (exact) mass is 295 g/mol. The maximum absolute atomic E-state index is 6.31. The molecule has 3 nitrogen and oxygen atoms in total. The van der Waals surface area contributed by atoms with Crippen LogP contribution in [0.25, 0.3) is 0 Å². The third-order valence-electron chi connectivity index (χ3n) is 3.79. The fourth-order valence-electron chi connectivity index (χ4n) is 3.08. The highest BCUT2D eigenvalue weighted by atomic mass is 35.5. The number of aromatic nitrogens is 1. The van der Waals surface area contributed by atoms with Crippen molar-refractivity contribution in [3.05, 3.63) is 22.8 Å². The van der Waals surface area contributed by atoms with Crippen LogP contribution in [0.1, 0.15) is 39.3 Å². The fraction of sp³-hybridized carbons (Fsp3) is 0.688. The third kappa shape index (κ3) is 4.35. The van der Waals surface area contributed by atoms with Gasteiger partial charge in [-0.3, -0.25) is 4.90 Å². The van der Waals surface area contributed by atoms with E-state index >= 15 is 0 Å². The fourth-order valence-corrected chi connectivity index (χ4v) is 3.24. The molecule has 0 aliphatic carbocycles. The average molecular weight is 296 g/mol. The summed E-state index contributed by atoms with van der Waals surface area (Å²) in [6.45, 7) is 10.9. The van der Waals surface area contributed by atoms with Gasteiger partial charge in [0.05, 0.1) is 10.7 Å². The molecule has 0 aromatic carbocycles. The molecule has 1 aromatic rings. The van der Waals surface area contributed by atoms with Crippen LogP contribution in [-0.2, 0) is 6.54 Å². The molecule has 4 heteroatoms. The molecule has 2 rings (SSSR count). The Balaban J connectivity index is 2.03. The molecule has 0 radical (unpaired) electrons. The molecule has 2 atom stereocenters. The van der Waals surface area contributed by atoms with Gasteiger partial charge in [-0.05, 0) is 36.8 Å². The highest BCUT2D eigenvalue weighted by Gasteiger charge is 2.22. The van der Waals surface area contributed by atoms with E-state index in [1.165, 1.54) is 6.42 Å². The second-order valence-electron chi connectivity index (χ2n) is 6.19. The quantitative estimate of drug-likeness (QED) is 0.889. The minimum atomic E-state index is 0.763.